The third-order valence-electron chi connectivity index (χ3n) is 3.21. The number of rotatable bonds is 4. The Morgan fingerprint density at radius 2 is 2.20 bits per heavy atom. The number of nitrogens with one attached hydrogen (secondary N) is 1. The first-order valence-corrected chi connectivity index (χ1v) is 5.57. The van der Waals surface area contributed by atoms with Gasteiger partial charge in [-0.25, -0.2) is 0 Å². The monoisotopic (exact) mass is 214 g/mol. The topological polar surface area (TPSA) is 41.6 Å². The molecule has 0 radical (unpaired) electrons. The van der Waals surface area contributed by atoms with E-state index in [9.17, 15) is 4.79 Å². The van der Waals surface area contributed by atoms with Gasteiger partial charge in [0, 0.05) is 18.6 Å². The number of hydrogen-bond donors (Lipinski definition) is 1. The molecule has 1 saturated heterocycles. The average Bonchev–Trinajstić information content (AvgIpc) is 2.61. The fourth-order valence-electron chi connectivity index (χ4n) is 1.98. The van der Waals surface area contributed by atoms with Crippen LogP contribution in [0, 0.1) is 5.92 Å². The normalized spacial score (nSPS) is 26.3. The molecular weight excluding hydrogens is 192 g/mol. The predicted molar refractivity (Wildman–Crippen MR) is 59.7 cm³/mol. The van der Waals surface area contributed by atoms with Crippen LogP contribution in [0.1, 0.15) is 20.3 Å². The van der Waals surface area contributed by atoms with Gasteiger partial charge in [0.25, 0.3) is 0 Å². The lowest BCUT2D eigenvalue weighted by Gasteiger charge is -2.23. The Labute approximate surface area is 92.0 Å². The summed E-state index contributed by atoms with van der Waals surface area (Å²) in [7, 11) is 3.56. The van der Waals surface area contributed by atoms with Crippen LogP contribution in [0.2, 0.25) is 0 Å². The molecule has 1 rings (SSSR count). The molecule has 3 atom stereocenters. The van der Waals surface area contributed by atoms with E-state index in [1.165, 1.54) is 7.11 Å². The van der Waals surface area contributed by atoms with Crippen molar-refractivity contribution in [1.82, 2.24) is 10.2 Å². The van der Waals surface area contributed by atoms with Crippen LogP contribution >= 0.6 is 0 Å². The number of carbonyl (C=O) groups excluding carboxylic acids is 1. The molecule has 88 valence electrons. The van der Waals surface area contributed by atoms with Gasteiger partial charge in [-0.15, -0.1) is 0 Å². The molecule has 0 aromatic rings. The van der Waals surface area contributed by atoms with E-state index in [0.717, 1.165) is 19.5 Å². The molecular formula is C11H22N2O2. The Kier molecular flexibility index (Phi) is 4.54. The lowest BCUT2D eigenvalue weighted by Crippen LogP contribution is -2.43. The SMILES string of the molecule is COC(=O)C(C)C(C)NC1CCN(C)C1. The predicted octanol–water partition coefficient (Wildman–Crippen LogP) is 0.478. The molecule has 0 aromatic carbocycles. The lowest BCUT2D eigenvalue weighted by atomic mass is 10.0. The second-order valence-electron chi connectivity index (χ2n) is 4.52. The number of likely N-dealkylation sites (N-methyl/N-ethyl adjacent to an activating group) is 1. The van der Waals surface area contributed by atoms with Crippen molar-refractivity contribution in [3.8, 4) is 0 Å². The van der Waals surface area contributed by atoms with Gasteiger partial charge < -0.3 is 15.0 Å². The van der Waals surface area contributed by atoms with Gasteiger partial charge in [-0.3, -0.25) is 4.79 Å². The fourth-order valence-corrected chi connectivity index (χ4v) is 1.98. The lowest BCUT2D eigenvalue weighted by molar-refractivity contribution is -0.145. The van der Waals surface area contributed by atoms with Crippen molar-refractivity contribution in [2.45, 2.75) is 32.4 Å². The molecule has 1 aliphatic heterocycles. The van der Waals surface area contributed by atoms with Crippen LogP contribution in [0.3, 0.4) is 0 Å². The van der Waals surface area contributed by atoms with E-state index in [0.29, 0.717) is 6.04 Å². The van der Waals surface area contributed by atoms with E-state index in [1.807, 2.05) is 13.8 Å². The molecule has 0 aliphatic carbocycles. The summed E-state index contributed by atoms with van der Waals surface area (Å²) in [5, 5.41) is 3.48. The van der Waals surface area contributed by atoms with Crippen molar-refractivity contribution in [3.63, 3.8) is 0 Å². The Morgan fingerprint density at radius 3 is 2.67 bits per heavy atom. The van der Waals surface area contributed by atoms with Gasteiger partial charge >= 0.3 is 5.97 Å². The minimum absolute atomic E-state index is 0.0825. The second kappa shape index (κ2) is 5.47. The highest BCUT2D eigenvalue weighted by molar-refractivity contribution is 5.72. The second-order valence-corrected chi connectivity index (χ2v) is 4.52. The zero-order valence-electron chi connectivity index (χ0n) is 10.1. The highest BCUT2D eigenvalue weighted by atomic mass is 16.5. The summed E-state index contributed by atoms with van der Waals surface area (Å²) < 4.78 is 4.73. The van der Waals surface area contributed by atoms with Crippen LogP contribution in [0.25, 0.3) is 0 Å². The molecule has 1 aliphatic rings. The molecule has 0 aromatic heterocycles. The summed E-state index contributed by atoms with van der Waals surface area (Å²) in [6, 6.07) is 0.686. The number of carbonyl (C=O) groups is 1. The number of hydrogen-bond acceptors (Lipinski definition) is 4. The molecule has 0 bridgehead atoms. The van der Waals surface area contributed by atoms with Crippen molar-refractivity contribution < 1.29 is 9.53 Å². The molecule has 15 heavy (non-hydrogen) atoms. The van der Waals surface area contributed by atoms with Crippen LogP contribution in [-0.2, 0) is 9.53 Å². The Morgan fingerprint density at radius 1 is 1.53 bits per heavy atom. The highest BCUT2D eigenvalue weighted by Gasteiger charge is 2.26. The first kappa shape index (κ1) is 12.5. The summed E-state index contributed by atoms with van der Waals surface area (Å²) in [6.07, 6.45) is 1.16. The maximum Gasteiger partial charge on any atom is 0.309 e. The number of likely N-dealkylation sites (tertiary alicyclic amines) is 1. The number of methoxy groups -OCH3 is 1. The summed E-state index contributed by atoms with van der Waals surface area (Å²) in [5.74, 6) is -0.220. The van der Waals surface area contributed by atoms with Crippen LogP contribution < -0.4 is 5.32 Å². The van der Waals surface area contributed by atoms with E-state index in [2.05, 4.69) is 17.3 Å². The first-order valence-electron chi connectivity index (χ1n) is 5.57. The zero-order valence-corrected chi connectivity index (χ0v) is 10.1. The Balaban J connectivity index is 2.34. The average molecular weight is 214 g/mol. The number of nitrogens with zero attached hydrogens (tertiary/aromatic N) is 1. The summed E-state index contributed by atoms with van der Waals surface area (Å²) in [5.41, 5.74) is 0. The molecule has 1 N–H and O–H groups in total. The molecule has 4 nitrogen and oxygen atoms in total. The van der Waals surface area contributed by atoms with Crippen molar-refractivity contribution in [2.24, 2.45) is 5.92 Å². The van der Waals surface area contributed by atoms with Crippen LogP contribution in [0.15, 0.2) is 0 Å². The Hall–Kier alpha value is -0.610. The smallest absolute Gasteiger partial charge is 0.309 e. The van der Waals surface area contributed by atoms with Gasteiger partial charge in [-0.2, -0.15) is 0 Å². The van der Waals surface area contributed by atoms with Gasteiger partial charge in [0.15, 0.2) is 0 Å². The largest absolute Gasteiger partial charge is 0.469 e. The molecule has 3 unspecified atom stereocenters. The molecule has 0 spiro atoms. The van der Waals surface area contributed by atoms with Gasteiger partial charge in [0.1, 0.15) is 0 Å². The quantitative estimate of drug-likeness (QED) is 0.691. The third kappa shape index (κ3) is 3.47. The zero-order chi connectivity index (χ0) is 11.4. The maximum absolute atomic E-state index is 11.3. The van der Waals surface area contributed by atoms with Crippen LogP contribution in [-0.4, -0.2) is 50.2 Å². The molecule has 1 fully saturated rings. The summed E-state index contributed by atoms with van der Waals surface area (Å²) >= 11 is 0. The summed E-state index contributed by atoms with van der Waals surface area (Å²) in [4.78, 5) is 13.6. The minimum atomic E-state index is -0.138. The van der Waals surface area contributed by atoms with Crippen molar-refractivity contribution in [2.75, 3.05) is 27.2 Å². The van der Waals surface area contributed by atoms with Gasteiger partial charge in [0.2, 0.25) is 0 Å². The molecule has 0 saturated carbocycles. The van der Waals surface area contributed by atoms with E-state index in [4.69, 9.17) is 4.74 Å². The first-order chi connectivity index (χ1) is 7.04. The Bertz CT molecular complexity index is 221. The van der Waals surface area contributed by atoms with Gasteiger partial charge in [0.05, 0.1) is 13.0 Å². The van der Waals surface area contributed by atoms with E-state index in [1.54, 1.807) is 0 Å². The molecule has 1 heterocycles. The number of esters is 1. The van der Waals surface area contributed by atoms with Crippen molar-refractivity contribution >= 4 is 5.97 Å². The minimum Gasteiger partial charge on any atom is -0.469 e. The molecule has 0 amide bonds. The van der Waals surface area contributed by atoms with Crippen LogP contribution in [0.5, 0.6) is 0 Å². The van der Waals surface area contributed by atoms with Crippen molar-refractivity contribution in [1.29, 1.82) is 0 Å². The number of ether oxygens (including phenoxy) is 1. The summed E-state index contributed by atoms with van der Waals surface area (Å²) in [6.45, 7) is 6.15. The van der Waals surface area contributed by atoms with Crippen molar-refractivity contribution in [3.05, 3.63) is 0 Å². The van der Waals surface area contributed by atoms with E-state index >= 15 is 0 Å². The van der Waals surface area contributed by atoms with Gasteiger partial charge in [-0.1, -0.05) is 6.92 Å². The van der Waals surface area contributed by atoms with Crippen LogP contribution in [0.4, 0.5) is 0 Å². The third-order valence-corrected chi connectivity index (χ3v) is 3.21. The molecule has 4 heteroatoms. The fraction of sp³-hybridized carbons (Fsp3) is 0.909. The highest BCUT2D eigenvalue weighted by Crippen LogP contribution is 2.11. The van der Waals surface area contributed by atoms with E-state index < -0.39 is 0 Å². The standard InChI is InChI=1S/C11H22N2O2/c1-8(11(14)15-4)9(2)12-10-5-6-13(3)7-10/h8-10,12H,5-7H2,1-4H3. The maximum atomic E-state index is 11.3. The van der Waals surface area contributed by atoms with E-state index in [-0.39, 0.29) is 17.9 Å². The van der Waals surface area contributed by atoms with Gasteiger partial charge in [-0.05, 0) is 26.9 Å².